The summed E-state index contributed by atoms with van der Waals surface area (Å²) in [5.41, 5.74) is 0.663. The van der Waals surface area contributed by atoms with Crippen molar-refractivity contribution in [3.8, 4) is 0 Å². The largest absolute Gasteiger partial charge is 0.480 e. The van der Waals surface area contributed by atoms with E-state index in [1.807, 2.05) is 18.2 Å². The number of carboxylic acids is 1. The van der Waals surface area contributed by atoms with E-state index in [1.165, 1.54) is 11.8 Å². The van der Waals surface area contributed by atoms with Gasteiger partial charge in [-0.1, -0.05) is 42.1 Å². The first-order valence-corrected chi connectivity index (χ1v) is 6.27. The standard InChI is InChI=1S/C12H13NO3S/c14-11(15)10-6-9(7-13-10)17-12(16)8-4-2-1-3-5-8/h1-5,9-10,13H,6-7H2,(H,14,15)/t9-,10-/m0/s1. The highest BCUT2D eigenvalue weighted by Gasteiger charge is 2.31. The Kier molecular flexibility index (Phi) is 3.81. The van der Waals surface area contributed by atoms with Crippen LogP contribution in [0.25, 0.3) is 0 Å². The molecule has 2 N–H and O–H groups in total. The molecule has 0 spiro atoms. The minimum atomic E-state index is -0.847. The van der Waals surface area contributed by atoms with E-state index in [-0.39, 0.29) is 10.4 Å². The predicted octanol–water partition coefficient (Wildman–Crippen LogP) is 1.38. The number of thioether (sulfide) groups is 1. The highest BCUT2D eigenvalue weighted by Crippen LogP contribution is 2.24. The van der Waals surface area contributed by atoms with Gasteiger partial charge in [-0.3, -0.25) is 9.59 Å². The maximum absolute atomic E-state index is 11.9. The number of nitrogens with one attached hydrogen (secondary N) is 1. The van der Waals surface area contributed by atoms with Crippen LogP contribution in [0, 0.1) is 0 Å². The molecule has 1 aromatic rings. The van der Waals surface area contributed by atoms with Crippen LogP contribution in [0.5, 0.6) is 0 Å². The lowest BCUT2D eigenvalue weighted by Gasteiger charge is -2.06. The van der Waals surface area contributed by atoms with Crippen LogP contribution < -0.4 is 5.32 Å². The molecule has 1 fully saturated rings. The van der Waals surface area contributed by atoms with Crippen LogP contribution in [0.4, 0.5) is 0 Å². The highest BCUT2D eigenvalue weighted by molar-refractivity contribution is 8.14. The smallest absolute Gasteiger partial charge is 0.320 e. The monoisotopic (exact) mass is 251 g/mol. The van der Waals surface area contributed by atoms with Gasteiger partial charge in [0.1, 0.15) is 6.04 Å². The SMILES string of the molecule is O=C(S[C@@H]1CN[C@H](C(=O)O)C1)c1ccccc1. The number of carbonyl (C=O) groups excluding carboxylic acids is 1. The Morgan fingerprint density at radius 3 is 2.59 bits per heavy atom. The molecule has 1 aromatic carbocycles. The van der Waals surface area contributed by atoms with Gasteiger partial charge in [0, 0.05) is 17.4 Å². The molecule has 17 heavy (non-hydrogen) atoms. The van der Waals surface area contributed by atoms with Crippen LogP contribution in [0.15, 0.2) is 30.3 Å². The lowest BCUT2D eigenvalue weighted by atomic mass is 10.2. The zero-order valence-electron chi connectivity index (χ0n) is 9.13. The summed E-state index contributed by atoms with van der Waals surface area (Å²) in [6.07, 6.45) is 0.499. The fourth-order valence-corrected chi connectivity index (χ4v) is 2.82. The fourth-order valence-electron chi connectivity index (χ4n) is 1.77. The maximum Gasteiger partial charge on any atom is 0.320 e. The average molecular weight is 251 g/mol. The fraction of sp³-hybridized carbons (Fsp3) is 0.333. The third kappa shape index (κ3) is 3.08. The normalized spacial score (nSPS) is 23.5. The molecule has 5 heteroatoms. The van der Waals surface area contributed by atoms with Crippen LogP contribution in [0.3, 0.4) is 0 Å². The van der Waals surface area contributed by atoms with Crippen LogP contribution in [0.2, 0.25) is 0 Å². The maximum atomic E-state index is 11.9. The first kappa shape index (κ1) is 12.1. The molecule has 0 bridgehead atoms. The molecular weight excluding hydrogens is 238 g/mol. The number of benzene rings is 1. The third-order valence-corrected chi connectivity index (χ3v) is 3.81. The molecule has 0 aromatic heterocycles. The van der Waals surface area contributed by atoms with E-state index in [9.17, 15) is 9.59 Å². The summed E-state index contributed by atoms with van der Waals surface area (Å²) >= 11 is 1.22. The molecule has 0 amide bonds. The van der Waals surface area contributed by atoms with Crippen molar-refractivity contribution in [1.29, 1.82) is 0 Å². The van der Waals surface area contributed by atoms with Gasteiger partial charge in [0.25, 0.3) is 0 Å². The van der Waals surface area contributed by atoms with Crippen molar-refractivity contribution in [2.75, 3.05) is 6.54 Å². The van der Waals surface area contributed by atoms with E-state index in [2.05, 4.69) is 5.32 Å². The number of carbonyl (C=O) groups is 2. The molecule has 0 radical (unpaired) electrons. The molecule has 1 aliphatic heterocycles. The molecule has 0 saturated carbocycles. The molecule has 2 rings (SSSR count). The quantitative estimate of drug-likeness (QED) is 0.849. The van der Waals surface area contributed by atoms with E-state index >= 15 is 0 Å². The molecule has 0 unspecified atom stereocenters. The van der Waals surface area contributed by atoms with E-state index in [4.69, 9.17) is 5.11 Å². The van der Waals surface area contributed by atoms with Gasteiger partial charge in [0.2, 0.25) is 5.12 Å². The van der Waals surface area contributed by atoms with Crippen LogP contribution in [0.1, 0.15) is 16.8 Å². The molecule has 0 aliphatic carbocycles. The van der Waals surface area contributed by atoms with Crippen molar-refractivity contribution in [2.45, 2.75) is 17.7 Å². The van der Waals surface area contributed by atoms with Crippen molar-refractivity contribution in [1.82, 2.24) is 5.32 Å². The van der Waals surface area contributed by atoms with Gasteiger partial charge in [0.15, 0.2) is 0 Å². The van der Waals surface area contributed by atoms with Crippen LogP contribution >= 0.6 is 11.8 Å². The minimum Gasteiger partial charge on any atom is -0.480 e. The molecule has 4 nitrogen and oxygen atoms in total. The van der Waals surface area contributed by atoms with Gasteiger partial charge in [-0.25, -0.2) is 0 Å². The summed E-state index contributed by atoms with van der Waals surface area (Å²) in [6, 6.07) is 8.52. The molecule has 2 atom stereocenters. The van der Waals surface area contributed by atoms with Crippen molar-refractivity contribution in [2.24, 2.45) is 0 Å². The Balaban J connectivity index is 1.91. The second kappa shape index (κ2) is 5.33. The Morgan fingerprint density at radius 1 is 1.29 bits per heavy atom. The van der Waals surface area contributed by atoms with Crippen molar-refractivity contribution < 1.29 is 14.7 Å². The summed E-state index contributed by atoms with van der Waals surface area (Å²) in [6.45, 7) is 0.570. The van der Waals surface area contributed by atoms with Crippen LogP contribution in [-0.4, -0.2) is 34.0 Å². The average Bonchev–Trinajstić information content (AvgIpc) is 2.79. The van der Waals surface area contributed by atoms with Gasteiger partial charge < -0.3 is 10.4 Å². The Morgan fingerprint density at radius 2 is 2.00 bits per heavy atom. The van der Waals surface area contributed by atoms with E-state index < -0.39 is 12.0 Å². The molecule has 90 valence electrons. The van der Waals surface area contributed by atoms with Gasteiger partial charge in [0.05, 0.1) is 0 Å². The lowest BCUT2D eigenvalue weighted by molar-refractivity contribution is -0.139. The van der Waals surface area contributed by atoms with Gasteiger partial charge in [-0.2, -0.15) is 0 Å². The predicted molar refractivity (Wildman–Crippen MR) is 66.2 cm³/mol. The number of hydrogen-bond acceptors (Lipinski definition) is 4. The number of hydrogen-bond donors (Lipinski definition) is 2. The third-order valence-electron chi connectivity index (χ3n) is 2.67. The van der Waals surface area contributed by atoms with Crippen molar-refractivity contribution in [3.05, 3.63) is 35.9 Å². The second-order valence-electron chi connectivity index (χ2n) is 3.93. The van der Waals surface area contributed by atoms with Crippen LogP contribution in [-0.2, 0) is 4.79 Å². The molecule has 1 heterocycles. The van der Waals surface area contributed by atoms with Gasteiger partial charge in [-0.05, 0) is 6.42 Å². The lowest BCUT2D eigenvalue weighted by Crippen LogP contribution is -2.29. The zero-order valence-corrected chi connectivity index (χ0v) is 9.94. The number of rotatable bonds is 3. The molecular formula is C12H13NO3S. The zero-order chi connectivity index (χ0) is 12.3. The molecule has 1 aliphatic rings. The summed E-state index contributed by atoms with van der Waals surface area (Å²) in [4.78, 5) is 22.6. The first-order valence-electron chi connectivity index (χ1n) is 5.39. The van der Waals surface area contributed by atoms with E-state index in [0.29, 0.717) is 18.5 Å². The number of aliphatic carboxylic acids is 1. The summed E-state index contributed by atoms with van der Waals surface area (Å²) in [5, 5.41) is 11.8. The van der Waals surface area contributed by atoms with E-state index in [0.717, 1.165) is 0 Å². The number of carboxylic acid groups (broad SMARTS) is 1. The van der Waals surface area contributed by atoms with Crippen molar-refractivity contribution >= 4 is 22.8 Å². The molecule has 1 saturated heterocycles. The van der Waals surface area contributed by atoms with Gasteiger partial charge >= 0.3 is 5.97 Å². The summed E-state index contributed by atoms with van der Waals surface area (Å²) < 4.78 is 0. The minimum absolute atomic E-state index is 0.00318. The Bertz CT molecular complexity index is 421. The van der Waals surface area contributed by atoms with E-state index in [1.54, 1.807) is 12.1 Å². The Labute approximate surface area is 103 Å². The first-order chi connectivity index (χ1) is 8.16. The topological polar surface area (TPSA) is 66.4 Å². The van der Waals surface area contributed by atoms with Crippen molar-refractivity contribution in [3.63, 3.8) is 0 Å². The van der Waals surface area contributed by atoms with Gasteiger partial charge in [-0.15, -0.1) is 0 Å². The summed E-state index contributed by atoms with van der Waals surface area (Å²) in [5.74, 6) is -0.847. The second-order valence-corrected chi connectivity index (χ2v) is 5.20. The highest BCUT2D eigenvalue weighted by atomic mass is 32.2. The summed E-state index contributed by atoms with van der Waals surface area (Å²) in [7, 11) is 0. The Hall–Kier alpha value is -1.33.